The Morgan fingerprint density at radius 1 is 1.04 bits per heavy atom. The second kappa shape index (κ2) is 8.19. The van der Waals surface area contributed by atoms with Gasteiger partial charge in [-0.3, -0.25) is 4.79 Å². The average Bonchev–Trinajstić information content (AvgIpc) is 3.02. The summed E-state index contributed by atoms with van der Waals surface area (Å²) >= 11 is 0. The van der Waals surface area contributed by atoms with Gasteiger partial charge in [0.2, 0.25) is 0 Å². The number of sulfone groups is 1. The van der Waals surface area contributed by atoms with Crippen molar-refractivity contribution >= 4 is 21.4 Å². The maximum Gasteiger partial charge on any atom is 0.268 e. The first-order valence-corrected chi connectivity index (χ1v) is 11.0. The van der Waals surface area contributed by atoms with Crippen LogP contribution in [0.25, 0.3) is 0 Å². The smallest absolute Gasteiger partial charge is 0.268 e. The first-order chi connectivity index (χ1) is 13.3. The lowest BCUT2D eigenvalue weighted by Gasteiger charge is -2.30. The molecule has 5 nitrogen and oxygen atoms in total. The zero-order valence-electron chi connectivity index (χ0n) is 16.3. The maximum absolute atomic E-state index is 13.2. The molecule has 0 saturated heterocycles. The number of benzene rings is 2. The number of hydrogen-bond donors (Lipinski definition) is 0. The molecule has 1 aliphatic rings. The fourth-order valence-electron chi connectivity index (χ4n) is 3.17. The number of anilines is 1. The van der Waals surface area contributed by atoms with Crippen molar-refractivity contribution in [1.82, 2.24) is 0 Å². The molecule has 0 aromatic heterocycles. The van der Waals surface area contributed by atoms with Crippen molar-refractivity contribution in [1.29, 1.82) is 0 Å². The normalized spacial score (nSPS) is 18.8. The molecule has 1 amide bonds. The summed E-state index contributed by atoms with van der Waals surface area (Å²) in [5.74, 6) is 0.550. The Bertz CT molecular complexity index is 950. The molecule has 0 aliphatic carbocycles. The Balaban J connectivity index is 1.89. The highest BCUT2D eigenvalue weighted by molar-refractivity contribution is 7.94. The lowest BCUT2D eigenvalue weighted by Crippen LogP contribution is -2.47. The molecule has 3 rings (SSSR count). The molecule has 6 heteroatoms. The quantitative estimate of drug-likeness (QED) is 0.739. The van der Waals surface area contributed by atoms with Gasteiger partial charge in [-0.25, -0.2) is 8.42 Å². The van der Waals surface area contributed by atoms with E-state index in [-0.39, 0.29) is 11.7 Å². The summed E-state index contributed by atoms with van der Waals surface area (Å²) in [4.78, 5) is 14.8. The fourth-order valence-corrected chi connectivity index (χ4v) is 4.44. The minimum Gasteiger partial charge on any atom is -0.481 e. The SMILES string of the molecule is CC(C)c1ccc(N(C(=O)[C@@H](C)Oc2ccccc2)[C@H]2C=CS(=O)(=O)C2)cc1. The average molecular weight is 400 g/mol. The highest BCUT2D eigenvalue weighted by Gasteiger charge is 2.34. The van der Waals surface area contributed by atoms with Crippen LogP contribution in [-0.4, -0.2) is 32.2 Å². The van der Waals surface area contributed by atoms with Crippen LogP contribution in [0.1, 0.15) is 32.3 Å². The van der Waals surface area contributed by atoms with Gasteiger partial charge in [0.1, 0.15) is 5.75 Å². The van der Waals surface area contributed by atoms with E-state index in [9.17, 15) is 13.2 Å². The molecule has 0 saturated carbocycles. The van der Waals surface area contributed by atoms with Crippen LogP contribution in [0, 0.1) is 0 Å². The number of amides is 1. The zero-order valence-corrected chi connectivity index (χ0v) is 17.1. The van der Waals surface area contributed by atoms with Crippen LogP contribution in [-0.2, 0) is 14.6 Å². The van der Waals surface area contributed by atoms with Crippen molar-refractivity contribution in [3.63, 3.8) is 0 Å². The number of carbonyl (C=O) groups excluding carboxylic acids is 1. The second-order valence-corrected chi connectivity index (χ2v) is 9.18. The molecule has 0 spiro atoms. The molecule has 0 bridgehead atoms. The van der Waals surface area contributed by atoms with Crippen LogP contribution < -0.4 is 9.64 Å². The van der Waals surface area contributed by atoms with Gasteiger partial charge < -0.3 is 9.64 Å². The minimum absolute atomic E-state index is 0.122. The third-order valence-corrected chi connectivity index (χ3v) is 6.10. The van der Waals surface area contributed by atoms with Gasteiger partial charge in [0.25, 0.3) is 5.91 Å². The Hall–Kier alpha value is -2.60. The van der Waals surface area contributed by atoms with Crippen molar-refractivity contribution in [3.05, 3.63) is 71.6 Å². The largest absolute Gasteiger partial charge is 0.481 e. The highest BCUT2D eigenvalue weighted by Crippen LogP contribution is 2.26. The van der Waals surface area contributed by atoms with E-state index in [1.165, 1.54) is 10.3 Å². The van der Waals surface area contributed by atoms with Crippen molar-refractivity contribution in [2.45, 2.75) is 38.8 Å². The fraction of sp³-hybridized carbons (Fsp3) is 0.318. The van der Waals surface area contributed by atoms with Gasteiger partial charge in [0.05, 0.1) is 11.8 Å². The predicted octanol–water partition coefficient (Wildman–Crippen LogP) is 3.92. The third kappa shape index (κ3) is 4.62. The summed E-state index contributed by atoms with van der Waals surface area (Å²) in [5, 5.41) is 1.18. The maximum atomic E-state index is 13.2. The van der Waals surface area contributed by atoms with E-state index in [1.54, 1.807) is 25.1 Å². The van der Waals surface area contributed by atoms with E-state index in [2.05, 4.69) is 13.8 Å². The number of nitrogens with zero attached hydrogens (tertiary/aromatic N) is 1. The van der Waals surface area contributed by atoms with Crippen LogP contribution in [0.3, 0.4) is 0 Å². The number of para-hydroxylation sites is 1. The molecule has 28 heavy (non-hydrogen) atoms. The summed E-state index contributed by atoms with van der Waals surface area (Å²) < 4.78 is 29.7. The molecular formula is C22H25NO4S. The van der Waals surface area contributed by atoms with Gasteiger partial charge in [0, 0.05) is 11.1 Å². The van der Waals surface area contributed by atoms with Crippen LogP contribution in [0.5, 0.6) is 5.75 Å². The minimum atomic E-state index is -3.30. The highest BCUT2D eigenvalue weighted by atomic mass is 32.2. The van der Waals surface area contributed by atoms with E-state index in [4.69, 9.17) is 4.74 Å². The van der Waals surface area contributed by atoms with Gasteiger partial charge in [0.15, 0.2) is 15.9 Å². The monoisotopic (exact) mass is 399 g/mol. The predicted molar refractivity (Wildman–Crippen MR) is 111 cm³/mol. The van der Waals surface area contributed by atoms with E-state index >= 15 is 0 Å². The molecule has 2 aromatic carbocycles. The number of ether oxygens (including phenoxy) is 1. The number of hydrogen-bond acceptors (Lipinski definition) is 4. The Kier molecular flexibility index (Phi) is 5.89. The Morgan fingerprint density at radius 3 is 2.21 bits per heavy atom. The molecular weight excluding hydrogens is 374 g/mol. The van der Waals surface area contributed by atoms with Crippen LogP contribution >= 0.6 is 0 Å². The van der Waals surface area contributed by atoms with Gasteiger partial charge in [-0.1, -0.05) is 44.2 Å². The van der Waals surface area contributed by atoms with Crippen molar-refractivity contribution in [2.75, 3.05) is 10.7 Å². The van der Waals surface area contributed by atoms with Gasteiger partial charge in [-0.05, 0) is 48.7 Å². The molecule has 2 atom stereocenters. The van der Waals surface area contributed by atoms with E-state index in [0.29, 0.717) is 17.4 Å². The lowest BCUT2D eigenvalue weighted by atomic mass is 10.0. The third-order valence-electron chi connectivity index (χ3n) is 4.72. The Morgan fingerprint density at radius 2 is 1.68 bits per heavy atom. The van der Waals surface area contributed by atoms with Gasteiger partial charge in [-0.15, -0.1) is 0 Å². The molecule has 0 fully saturated rings. The first-order valence-electron chi connectivity index (χ1n) is 9.32. The summed E-state index contributed by atoms with van der Waals surface area (Å²) in [7, 11) is -3.30. The van der Waals surface area contributed by atoms with E-state index in [0.717, 1.165) is 5.56 Å². The number of carbonyl (C=O) groups is 1. The number of rotatable bonds is 6. The van der Waals surface area contributed by atoms with Crippen molar-refractivity contribution in [3.8, 4) is 5.75 Å². The molecule has 2 aromatic rings. The molecule has 1 aliphatic heterocycles. The standard InChI is InChI=1S/C22H25NO4S/c1-16(2)18-9-11-19(12-10-18)23(20-13-14-28(25,26)15-20)22(24)17(3)27-21-7-5-4-6-8-21/h4-14,16-17,20H,15H2,1-3H3/t17-,20+/m1/s1. The lowest BCUT2D eigenvalue weighted by molar-refractivity contribution is -0.124. The van der Waals surface area contributed by atoms with Crippen LogP contribution in [0.4, 0.5) is 5.69 Å². The van der Waals surface area contributed by atoms with Crippen LogP contribution in [0.15, 0.2) is 66.1 Å². The second-order valence-electron chi connectivity index (χ2n) is 7.25. The summed E-state index contributed by atoms with van der Waals surface area (Å²) in [6, 6.07) is 16.2. The van der Waals surface area contributed by atoms with E-state index < -0.39 is 22.0 Å². The van der Waals surface area contributed by atoms with E-state index in [1.807, 2.05) is 42.5 Å². The van der Waals surface area contributed by atoms with Crippen molar-refractivity contribution in [2.24, 2.45) is 0 Å². The summed E-state index contributed by atoms with van der Waals surface area (Å²) in [6.07, 6.45) is 0.808. The van der Waals surface area contributed by atoms with Gasteiger partial charge >= 0.3 is 0 Å². The molecule has 148 valence electrons. The molecule has 0 N–H and O–H groups in total. The molecule has 1 heterocycles. The first kappa shape index (κ1) is 20.1. The summed E-state index contributed by atoms with van der Waals surface area (Å²) in [6.45, 7) is 5.87. The van der Waals surface area contributed by atoms with Crippen molar-refractivity contribution < 1.29 is 17.9 Å². The molecule has 0 radical (unpaired) electrons. The van der Waals surface area contributed by atoms with Crippen LogP contribution in [0.2, 0.25) is 0 Å². The van der Waals surface area contributed by atoms with Gasteiger partial charge in [-0.2, -0.15) is 0 Å². The zero-order chi connectivity index (χ0) is 20.3. The topological polar surface area (TPSA) is 63.7 Å². The Labute approximate surface area is 166 Å². The summed E-state index contributed by atoms with van der Waals surface area (Å²) in [5.41, 5.74) is 1.81. The molecule has 0 unspecified atom stereocenters.